The summed E-state index contributed by atoms with van der Waals surface area (Å²) in [6.07, 6.45) is 4.75. The van der Waals surface area contributed by atoms with E-state index in [2.05, 4.69) is 12.6 Å². The van der Waals surface area contributed by atoms with Gasteiger partial charge in [0.2, 0.25) is 0 Å². The van der Waals surface area contributed by atoms with Crippen LogP contribution in [-0.4, -0.2) is 11.2 Å². The molecule has 2 heteroatoms. The van der Waals surface area contributed by atoms with Crippen LogP contribution in [0.5, 0.6) is 0 Å². The molecule has 2 rings (SSSR count). The number of anilines is 1. The zero-order valence-corrected chi connectivity index (χ0v) is 8.19. The van der Waals surface area contributed by atoms with E-state index >= 15 is 0 Å². The SMILES string of the molecule is C=CCC1CCc2ccccc2N1O. The molecular formula is C12H15NO. The van der Waals surface area contributed by atoms with Gasteiger partial charge in [-0.3, -0.25) is 10.3 Å². The van der Waals surface area contributed by atoms with Crippen LogP contribution < -0.4 is 5.06 Å². The molecule has 0 aromatic heterocycles. The molecule has 0 radical (unpaired) electrons. The maximum Gasteiger partial charge on any atom is 0.0669 e. The van der Waals surface area contributed by atoms with Crippen molar-refractivity contribution in [1.82, 2.24) is 0 Å². The minimum atomic E-state index is 0.197. The van der Waals surface area contributed by atoms with Gasteiger partial charge < -0.3 is 0 Å². The Bertz CT molecular complexity index is 335. The molecule has 0 aliphatic carbocycles. The molecule has 0 bridgehead atoms. The molecule has 1 unspecified atom stereocenters. The Labute approximate surface area is 84.4 Å². The Kier molecular flexibility index (Phi) is 2.55. The number of hydrogen-bond acceptors (Lipinski definition) is 2. The third-order valence-electron chi connectivity index (χ3n) is 2.77. The lowest BCUT2D eigenvalue weighted by atomic mass is 9.96. The summed E-state index contributed by atoms with van der Waals surface area (Å²) in [7, 11) is 0. The standard InChI is InChI=1S/C12H15NO/c1-2-5-11-9-8-10-6-3-4-7-12(10)13(11)14/h2-4,6-7,11,14H,1,5,8-9H2. The largest absolute Gasteiger partial charge is 0.288 e. The first-order chi connectivity index (χ1) is 6.83. The fraction of sp³-hybridized carbons (Fsp3) is 0.333. The summed E-state index contributed by atoms with van der Waals surface area (Å²) >= 11 is 0. The van der Waals surface area contributed by atoms with E-state index in [0.29, 0.717) is 0 Å². The summed E-state index contributed by atoms with van der Waals surface area (Å²) < 4.78 is 0. The number of hydrogen-bond donors (Lipinski definition) is 1. The Balaban J connectivity index is 2.26. The zero-order valence-electron chi connectivity index (χ0n) is 8.19. The van der Waals surface area contributed by atoms with E-state index in [1.165, 1.54) is 10.6 Å². The van der Waals surface area contributed by atoms with E-state index in [1.807, 2.05) is 24.3 Å². The highest BCUT2D eigenvalue weighted by atomic mass is 16.5. The van der Waals surface area contributed by atoms with Gasteiger partial charge in [-0.2, -0.15) is 0 Å². The molecule has 0 saturated heterocycles. The number of rotatable bonds is 2. The van der Waals surface area contributed by atoms with E-state index in [9.17, 15) is 5.21 Å². The second kappa shape index (κ2) is 3.84. The molecule has 1 aliphatic heterocycles. The highest BCUT2D eigenvalue weighted by molar-refractivity contribution is 5.54. The fourth-order valence-corrected chi connectivity index (χ4v) is 2.00. The first kappa shape index (κ1) is 9.28. The van der Waals surface area contributed by atoms with Gasteiger partial charge >= 0.3 is 0 Å². The van der Waals surface area contributed by atoms with Crippen LogP contribution in [0.1, 0.15) is 18.4 Å². The number of para-hydroxylation sites is 1. The van der Waals surface area contributed by atoms with Crippen LogP contribution in [-0.2, 0) is 6.42 Å². The molecule has 74 valence electrons. The van der Waals surface area contributed by atoms with Crippen molar-refractivity contribution in [3.63, 3.8) is 0 Å². The van der Waals surface area contributed by atoms with Gasteiger partial charge in [0.25, 0.3) is 0 Å². The van der Waals surface area contributed by atoms with Crippen molar-refractivity contribution in [3.8, 4) is 0 Å². The minimum absolute atomic E-state index is 0.197. The molecule has 14 heavy (non-hydrogen) atoms. The average molecular weight is 189 g/mol. The molecule has 1 heterocycles. The molecule has 0 amide bonds. The first-order valence-corrected chi connectivity index (χ1v) is 5.00. The van der Waals surface area contributed by atoms with Crippen LogP contribution in [0.3, 0.4) is 0 Å². The summed E-state index contributed by atoms with van der Waals surface area (Å²) in [5.74, 6) is 0. The lowest BCUT2D eigenvalue weighted by molar-refractivity contribution is 0.202. The van der Waals surface area contributed by atoms with Crippen molar-refractivity contribution < 1.29 is 5.21 Å². The summed E-state index contributed by atoms with van der Waals surface area (Å²) in [5, 5.41) is 11.3. The van der Waals surface area contributed by atoms with Crippen LogP contribution in [0.15, 0.2) is 36.9 Å². The predicted octanol–water partition coefficient (Wildman–Crippen LogP) is 2.77. The fourth-order valence-electron chi connectivity index (χ4n) is 2.00. The molecular weight excluding hydrogens is 174 g/mol. The van der Waals surface area contributed by atoms with Crippen LogP contribution >= 0.6 is 0 Å². The molecule has 0 saturated carbocycles. The minimum Gasteiger partial charge on any atom is -0.288 e. The van der Waals surface area contributed by atoms with Crippen molar-refractivity contribution >= 4 is 5.69 Å². The van der Waals surface area contributed by atoms with E-state index in [-0.39, 0.29) is 6.04 Å². The second-order valence-corrected chi connectivity index (χ2v) is 3.69. The maximum absolute atomic E-state index is 9.94. The number of hydroxylamine groups is 1. The average Bonchev–Trinajstić information content (AvgIpc) is 2.23. The molecule has 1 aromatic rings. The van der Waals surface area contributed by atoms with Crippen molar-refractivity contribution in [2.24, 2.45) is 0 Å². The van der Waals surface area contributed by atoms with E-state index < -0.39 is 0 Å². The monoisotopic (exact) mass is 189 g/mol. The van der Waals surface area contributed by atoms with Crippen LogP contribution in [0.2, 0.25) is 0 Å². The van der Waals surface area contributed by atoms with E-state index in [0.717, 1.165) is 24.9 Å². The van der Waals surface area contributed by atoms with Crippen molar-refractivity contribution in [2.75, 3.05) is 5.06 Å². The van der Waals surface area contributed by atoms with Crippen molar-refractivity contribution in [2.45, 2.75) is 25.3 Å². The van der Waals surface area contributed by atoms with E-state index in [1.54, 1.807) is 0 Å². The topological polar surface area (TPSA) is 23.5 Å². The van der Waals surface area contributed by atoms with Gasteiger partial charge in [0.15, 0.2) is 0 Å². The normalized spacial score (nSPS) is 20.4. The van der Waals surface area contributed by atoms with Gasteiger partial charge in [0.1, 0.15) is 0 Å². The van der Waals surface area contributed by atoms with Gasteiger partial charge in [-0.25, -0.2) is 0 Å². The number of fused-ring (bicyclic) bond motifs is 1. The van der Waals surface area contributed by atoms with Gasteiger partial charge in [-0.1, -0.05) is 24.3 Å². The van der Waals surface area contributed by atoms with Crippen molar-refractivity contribution in [1.29, 1.82) is 0 Å². The summed E-state index contributed by atoms with van der Waals surface area (Å²) in [6, 6.07) is 8.20. The summed E-state index contributed by atoms with van der Waals surface area (Å²) in [5.41, 5.74) is 2.18. The second-order valence-electron chi connectivity index (χ2n) is 3.69. The van der Waals surface area contributed by atoms with Gasteiger partial charge in [0.05, 0.1) is 11.7 Å². The molecule has 1 N–H and O–H groups in total. The summed E-state index contributed by atoms with van der Waals surface area (Å²) in [4.78, 5) is 0. The Morgan fingerprint density at radius 3 is 3.07 bits per heavy atom. The number of nitrogens with zero attached hydrogens (tertiary/aromatic N) is 1. The molecule has 0 fully saturated rings. The van der Waals surface area contributed by atoms with Gasteiger partial charge in [-0.15, -0.1) is 6.58 Å². The smallest absolute Gasteiger partial charge is 0.0669 e. The highest BCUT2D eigenvalue weighted by Crippen LogP contribution is 2.30. The van der Waals surface area contributed by atoms with Crippen LogP contribution in [0, 0.1) is 0 Å². The van der Waals surface area contributed by atoms with Crippen LogP contribution in [0.25, 0.3) is 0 Å². The third kappa shape index (κ3) is 1.53. The number of aryl methyl sites for hydroxylation is 1. The van der Waals surface area contributed by atoms with Gasteiger partial charge in [-0.05, 0) is 30.9 Å². The third-order valence-corrected chi connectivity index (χ3v) is 2.77. The quantitative estimate of drug-likeness (QED) is 0.723. The summed E-state index contributed by atoms with van der Waals surface area (Å²) in [6.45, 7) is 3.71. The number of benzene rings is 1. The Morgan fingerprint density at radius 2 is 2.29 bits per heavy atom. The molecule has 0 spiro atoms. The van der Waals surface area contributed by atoms with Crippen LogP contribution in [0.4, 0.5) is 5.69 Å². The lowest BCUT2D eigenvalue weighted by Crippen LogP contribution is -2.36. The highest BCUT2D eigenvalue weighted by Gasteiger charge is 2.23. The lowest BCUT2D eigenvalue weighted by Gasteiger charge is -2.33. The van der Waals surface area contributed by atoms with E-state index in [4.69, 9.17) is 0 Å². The predicted molar refractivity (Wildman–Crippen MR) is 57.6 cm³/mol. The van der Waals surface area contributed by atoms with Gasteiger partial charge in [0, 0.05) is 0 Å². The Hall–Kier alpha value is -1.28. The maximum atomic E-state index is 9.94. The zero-order chi connectivity index (χ0) is 9.97. The first-order valence-electron chi connectivity index (χ1n) is 5.00. The Morgan fingerprint density at radius 1 is 1.50 bits per heavy atom. The molecule has 2 nitrogen and oxygen atoms in total. The molecule has 1 aromatic carbocycles. The molecule has 1 atom stereocenters. The van der Waals surface area contributed by atoms with Crippen molar-refractivity contribution in [3.05, 3.63) is 42.5 Å². The molecule has 1 aliphatic rings.